The molecule has 0 saturated heterocycles. The number of thioether (sulfide) groups is 1. The zero-order valence-corrected chi connectivity index (χ0v) is 18.0. The first-order chi connectivity index (χ1) is 14.7. The first kappa shape index (κ1) is 19.4. The molecule has 5 rings (SSSR count). The van der Waals surface area contributed by atoms with Gasteiger partial charge >= 0.3 is 0 Å². The molecule has 1 saturated carbocycles. The summed E-state index contributed by atoms with van der Waals surface area (Å²) in [5, 5.41) is 22.6. The van der Waals surface area contributed by atoms with Crippen LogP contribution in [-0.4, -0.2) is 26.4 Å². The predicted octanol–water partition coefficient (Wildman–Crippen LogP) is 4.34. The van der Waals surface area contributed by atoms with Crippen LogP contribution in [0.15, 0.2) is 28.0 Å². The van der Waals surface area contributed by atoms with Gasteiger partial charge in [-0.2, -0.15) is 5.26 Å². The van der Waals surface area contributed by atoms with Crippen LogP contribution in [0.25, 0.3) is 0 Å². The molecule has 1 fully saturated rings. The highest BCUT2D eigenvalue weighted by atomic mass is 32.2. The fraction of sp³-hybridized carbons (Fsp3) is 0.429. The minimum atomic E-state index is -0.129. The Bertz CT molecular complexity index is 1110. The molecule has 0 unspecified atom stereocenters. The van der Waals surface area contributed by atoms with Gasteiger partial charge in [-0.1, -0.05) is 11.8 Å². The van der Waals surface area contributed by atoms with Gasteiger partial charge in [0.05, 0.1) is 24.1 Å². The van der Waals surface area contributed by atoms with E-state index in [9.17, 15) is 10.1 Å². The van der Waals surface area contributed by atoms with Gasteiger partial charge in [0, 0.05) is 10.8 Å². The summed E-state index contributed by atoms with van der Waals surface area (Å²) in [6.07, 6.45) is 8.10. The number of fused-ring (bicyclic) bond motifs is 1. The molecule has 0 aliphatic heterocycles. The van der Waals surface area contributed by atoms with E-state index in [-0.39, 0.29) is 11.7 Å². The lowest BCUT2D eigenvalue weighted by atomic mass is 9.96. The van der Waals surface area contributed by atoms with Crippen LogP contribution in [0.3, 0.4) is 0 Å². The third-order valence-electron chi connectivity index (χ3n) is 5.45. The number of hydrogen-bond acceptors (Lipinski definition) is 7. The van der Waals surface area contributed by atoms with Crippen molar-refractivity contribution in [1.29, 1.82) is 5.26 Å². The van der Waals surface area contributed by atoms with E-state index < -0.39 is 0 Å². The number of anilines is 1. The number of nitrogens with zero attached hydrogens (tertiary/aromatic N) is 4. The maximum absolute atomic E-state index is 12.6. The topological polar surface area (TPSA) is 96.7 Å². The summed E-state index contributed by atoms with van der Waals surface area (Å²) >= 11 is 2.92. The highest BCUT2D eigenvalue weighted by Crippen LogP contribution is 2.40. The minimum Gasteiger partial charge on any atom is -0.467 e. The molecule has 0 radical (unpaired) electrons. The molecular weight excluding hydrogens is 418 g/mol. The van der Waals surface area contributed by atoms with Crippen molar-refractivity contribution >= 4 is 34.0 Å². The van der Waals surface area contributed by atoms with E-state index in [2.05, 4.69) is 26.2 Å². The highest BCUT2D eigenvalue weighted by Gasteiger charge is 2.31. The number of carbonyl (C=O) groups is 1. The number of nitriles is 1. The van der Waals surface area contributed by atoms with Crippen LogP contribution in [0, 0.1) is 11.3 Å². The average molecular weight is 440 g/mol. The van der Waals surface area contributed by atoms with Gasteiger partial charge in [-0.25, -0.2) is 0 Å². The first-order valence-corrected chi connectivity index (χ1v) is 12.0. The minimum absolute atomic E-state index is 0.129. The Labute approximate surface area is 182 Å². The second-order valence-corrected chi connectivity index (χ2v) is 9.69. The van der Waals surface area contributed by atoms with Gasteiger partial charge in [0.15, 0.2) is 5.16 Å². The molecule has 2 aliphatic rings. The average Bonchev–Trinajstić information content (AvgIpc) is 3.17. The van der Waals surface area contributed by atoms with Crippen LogP contribution in [-0.2, 0) is 24.2 Å². The molecule has 7 nitrogen and oxygen atoms in total. The predicted molar refractivity (Wildman–Crippen MR) is 115 cm³/mol. The molecule has 0 spiro atoms. The van der Waals surface area contributed by atoms with Gasteiger partial charge in [0.1, 0.15) is 22.7 Å². The van der Waals surface area contributed by atoms with Crippen LogP contribution < -0.4 is 5.32 Å². The summed E-state index contributed by atoms with van der Waals surface area (Å²) in [4.78, 5) is 13.9. The fourth-order valence-electron chi connectivity index (χ4n) is 3.82. The number of furan rings is 1. The quantitative estimate of drug-likeness (QED) is 0.550. The Morgan fingerprint density at radius 1 is 1.37 bits per heavy atom. The number of aromatic nitrogens is 3. The molecule has 0 atom stereocenters. The molecular formula is C21H21N5O2S2. The molecule has 0 aromatic carbocycles. The zero-order chi connectivity index (χ0) is 20.5. The second kappa shape index (κ2) is 8.28. The molecule has 1 N–H and O–H groups in total. The number of carbonyl (C=O) groups excluding carboxylic acids is 1. The molecule has 2 aliphatic carbocycles. The van der Waals surface area contributed by atoms with E-state index in [1.807, 2.05) is 12.1 Å². The third-order valence-corrected chi connectivity index (χ3v) is 7.62. The second-order valence-electron chi connectivity index (χ2n) is 7.64. The number of aryl methyl sites for hydroxylation is 1. The lowest BCUT2D eigenvalue weighted by molar-refractivity contribution is -0.113. The van der Waals surface area contributed by atoms with E-state index in [1.54, 1.807) is 17.6 Å². The van der Waals surface area contributed by atoms with Gasteiger partial charge in [-0.15, -0.1) is 21.5 Å². The number of rotatable bonds is 7. The van der Waals surface area contributed by atoms with Crippen LogP contribution >= 0.6 is 23.1 Å². The Morgan fingerprint density at radius 3 is 3.00 bits per heavy atom. The van der Waals surface area contributed by atoms with Gasteiger partial charge in [0.2, 0.25) is 5.91 Å². The highest BCUT2D eigenvalue weighted by molar-refractivity contribution is 7.99. The van der Waals surface area contributed by atoms with Crippen molar-refractivity contribution in [2.24, 2.45) is 0 Å². The van der Waals surface area contributed by atoms with Crippen molar-refractivity contribution in [3.63, 3.8) is 0 Å². The van der Waals surface area contributed by atoms with Gasteiger partial charge in [-0.05, 0) is 56.2 Å². The molecule has 0 bridgehead atoms. The van der Waals surface area contributed by atoms with Gasteiger partial charge in [0.25, 0.3) is 0 Å². The number of amides is 1. The summed E-state index contributed by atoms with van der Waals surface area (Å²) in [7, 11) is 0. The van der Waals surface area contributed by atoms with Crippen molar-refractivity contribution in [2.45, 2.75) is 56.1 Å². The molecule has 3 aromatic rings. The van der Waals surface area contributed by atoms with E-state index in [0.29, 0.717) is 23.0 Å². The number of nitrogens with one attached hydrogen (secondary N) is 1. The number of hydrogen-bond donors (Lipinski definition) is 1. The lowest BCUT2D eigenvalue weighted by Crippen LogP contribution is -2.15. The van der Waals surface area contributed by atoms with E-state index in [1.165, 1.54) is 16.6 Å². The van der Waals surface area contributed by atoms with E-state index in [4.69, 9.17) is 4.42 Å². The Balaban J connectivity index is 1.28. The van der Waals surface area contributed by atoms with Crippen LogP contribution in [0.2, 0.25) is 0 Å². The third kappa shape index (κ3) is 3.89. The van der Waals surface area contributed by atoms with Crippen LogP contribution in [0.5, 0.6) is 0 Å². The van der Waals surface area contributed by atoms with Crippen molar-refractivity contribution in [3.8, 4) is 6.07 Å². The zero-order valence-electron chi connectivity index (χ0n) is 16.4. The Morgan fingerprint density at radius 2 is 2.23 bits per heavy atom. The molecule has 154 valence electrons. The van der Waals surface area contributed by atoms with Gasteiger partial charge in [-0.3, -0.25) is 9.36 Å². The maximum atomic E-state index is 12.6. The first-order valence-electron chi connectivity index (χ1n) is 10.2. The van der Waals surface area contributed by atoms with Crippen molar-refractivity contribution < 1.29 is 9.21 Å². The molecule has 9 heteroatoms. The Hall–Kier alpha value is -2.57. The summed E-state index contributed by atoms with van der Waals surface area (Å²) in [5.41, 5.74) is 1.77. The fourth-order valence-corrected chi connectivity index (χ4v) is 5.82. The van der Waals surface area contributed by atoms with Crippen molar-refractivity contribution in [3.05, 3.63) is 46.0 Å². The van der Waals surface area contributed by atoms with Crippen LogP contribution in [0.1, 0.15) is 59.2 Å². The van der Waals surface area contributed by atoms with Crippen molar-refractivity contribution in [2.75, 3.05) is 11.1 Å². The summed E-state index contributed by atoms with van der Waals surface area (Å²) in [6, 6.07) is 6.09. The smallest absolute Gasteiger partial charge is 0.235 e. The molecule has 30 heavy (non-hydrogen) atoms. The monoisotopic (exact) mass is 439 g/mol. The molecule has 1 amide bonds. The Kier molecular flexibility index (Phi) is 5.35. The maximum Gasteiger partial charge on any atom is 0.235 e. The van der Waals surface area contributed by atoms with E-state index in [0.717, 1.165) is 60.8 Å². The van der Waals surface area contributed by atoms with E-state index >= 15 is 0 Å². The molecule has 3 aromatic heterocycles. The largest absolute Gasteiger partial charge is 0.467 e. The summed E-state index contributed by atoms with van der Waals surface area (Å²) in [6.45, 7) is 0.562. The SMILES string of the molecule is N#Cc1c(NC(=O)CSc2nnc(C3CC3)n2Cc2ccco2)sc2c1CCCC2. The standard InChI is InChI=1S/C21H21N5O2S2/c22-10-16-15-5-1-2-6-17(15)30-20(16)23-18(27)12-29-21-25-24-19(13-7-8-13)26(21)11-14-4-3-9-28-14/h3-4,9,13H,1-2,5-8,11-12H2,(H,23,27). The van der Waals surface area contributed by atoms with Gasteiger partial charge < -0.3 is 9.73 Å². The number of thiophene rings is 1. The molecule has 3 heterocycles. The lowest BCUT2D eigenvalue weighted by Gasteiger charge is -2.09. The normalized spacial score (nSPS) is 15.6. The summed E-state index contributed by atoms with van der Waals surface area (Å²) in [5.74, 6) is 2.34. The van der Waals surface area contributed by atoms with Crippen molar-refractivity contribution in [1.82, 2.24) is 14.8 Å². The van der Waals surface area contributed by atoms with Crippen LogP contribution in [0.4, 0.5) is 5.00 Å². The summed E-state index contributed by atoms with van der Waals surface area (Å²) < 4.78 is 7.55.